The normalized spacial score (nSPS) is 12.6. The van der Waals surface area contributed by atoms with E-state index < -0.39 is 6.10 Å². The molecule has 0 aliphatic carbocycles. The monoisotopic (exact) mass is 305 g/mol. The second-order valence-corrected chi connectivity index (χ2v) is 5.66. The zero-order valence-corrected chi connectivity index (χ0v) is 13.3. The summed E-state index contributed by atoms with van der Waals surface area (Å²) in [5.41, 5.74) is 0.925. The molecule has 2 rings (SSSR count). The molecule has 0 spiro atoms. The van der Waals surface area contributed by atoms with Crippen LogP contribution < -0.4 is 4.74 Å². The lowest BCUT2D eigenvalue weighted by Gasteiger charge is -2.13. The molecule has 0 amide bonds. The van der Waals surface area contributed by atoms with Gasteiger partial charge < -0.3 is 14.6 Å². The highest BCUT2D eigenvalue weighted by Crippen LogP contribution is 2.19. The summed E-state index contributed by atoms with van der Waals surface area (Å²) in [6.45, 7) is 5.28. The Bertz CT molecular complexity index is 566. The SMILES string of the molecule is CC(C)COC[C@H](O)COc1ccc(-c2ncn(C)n2)cc1. The number of aromatic nitrogens is 3. The maximum atomic E-state index is 9.79. The zero-order valence-electron chi connectivity index (χ0n) is 13.3. The Morgan fingerprint density at radius 1 is 1.14 bits per heavy atom. The van der Waals surface area contributed by atoms with Crippen LogP contribution in [0.2, 0.25) is 0 Å². The number of ether oxygens (including phenoxy) is 2. The molecule has 2 aromatic rings. The molecule has 1 aromatic heterocycles. The summed E-state index contributed by atoms with van der Waals surface area (Å²) in [4.78, 5) is 4.19. The van der Waals surface area contributed by atoms with E-state index in [0.717, 1.165) is 5.56 Å². The number of nitrogens with zero attached hydrogens (tertiary/aromatic N) is 3. The number of aliphatic hydroxyl groups is 1. The Labute approximate surface area is 130 Å². The number of aryl methyl sites for hydroxylation is 1. The first kappa shape index (κ1) is 16.5. The van der Waals surface area contributed by atoms with Crippen molar-refractivity contribution in [2.45, 2.75) is 20.0 Å². The second kappa shape index (κ2) is 7.91. The average Bonchev–Trinajstić information content (AvgIpc) is 2.92. The minimum Gasteiger partial charge on any atom is -0.491 e. The molecular weight excluding hydrogens is 282 g/mol. The largest absolute Gasteiger partial charge is 0.491 e. The van der Waals surface area contributed by atoms with Crippen molar-refractivity contribution in [3.8, 4) is 17.1 Å². The van der Waals surface area contributed by atoms with E-state index in [1.807, 2.05) is 31.3 Å². The van der Waals surface area contributed by atoms with E-state index in [-0.39, 0.29) is 13.2 Å². The standard InChI is InChI=1S/C16H23N3O3/c1-12(2)8-21-9-14(20)10-22-15-6-4-13(5-7-15)16-17-11-19(3)18-16/h4-7,11-12,14,20H,8-10H2,1-3H3/t14-/m0/s1. The van der Waals surface area contributed by atoms with Crippen LogP contribution >= 0.6 is 0 Å². The quantitative estimate of drug-likeness (QED) is 0.806. The second-order valence-electron chi connectivity index (χ2n) is 5.66. The maximum absolute atomic E-state index is 9.79. The van der Waals surface area contributed by atoms with Crippen molar-refractivity contribution in [2.24, 2.45) is 13.0 Å². The van der Waals surface area contributed by atoms with Gasteiger partial charge in [-0.15, -0.1) is 0 Å². The van der Waals surface area contributed by atoms with Crippen LogP contribution in [0, 0.1) is 5.92 Å². The summed E-state index contributed by atoms with van der Waals surface area (Å²) >= 11 is 0. The molecule has 0 bridgehead atoms. The van der Waals surface area contributed by atoms with Crippen molar-refractivity contribution in [3.63, 3.8) is 0 Å². The Balaban J connectivity index is 1.79. The van der Waals surface area contributed by atoms with E-state index in [0.29, 0.717) is 24.1 Å². The molecule has 120 valence electrons. The highest BCUT2D eigenvalue weighted by molar-refractivity contribution is 5.55. The summed E-state index contributed by atoms with van der Waals surface area (Å²) < 4.78 is 12.6. The first-order valence-corrected chi connectivity index (χ1v) is 7.39. The molecule has 1 heterocycles. The first-order valence-electron chi connectivity index (χ1n) is 7.39. The molecule has 0 aliphatic heterocycles. The van der Waals surface area contributed by atoms with Crippen LogP contribution in [-0.2, 0) is 11.8 Å². The Hall–Kier alpha value is -1.92. The molecule has 6 heteroatoms. The fourth-order valence-electron chi connectivity index (χ4n) is 1.85. The zero-order chi connectivity index (χ0) is 15.9. The topological polar surface area (TPSA) is 69.4 Å². The van der Waals surface area contributed by atoms with Gasteiger partial charge >= 0.3 is 0 Å². The predicted octanol–water partition coefficient (Wildman–Crippen LogP) is 1.89. The summed E-state index contributed by atoms with van der Waals surface area (Å²) in [6, 6.07) is 7.47. The maximum Gasteiger partial charge on any atom is 0.181 e. The van der Waals surface area contributed by atoms with E-state index in [2.05, 4.69) is 23.9 Å². The minimum atomic E-state index is -0.629. The van der Waals surface area contributed by atoms with Gasteiger partial charge in [0.15, 0.2) is 5.82 Å². The molecule has 6 nitrogen and oxygen atoms in total. The van der Waals surface area contributed by atoms with Crippen molar-refractivity contribution in [2.75, 3.05) is 19.8 Å². The lowest BCUT2D eigenvalue weighted by atomic mass is 10.2. The Morgan fingerprint density at radius 2 is 1.86 bits per heavy atom. The fourth-order valence-corrected chi connectivity index (χ4v) is 1.85. The number of hydrogen-bond acceptors (Lipinski definition) is 5. The van der Waals surface area contributed by atoms with Crippen LogP contribution in [0.15, 0.2) is 30.6 Å². The molecule has 22 heavy (non-hydrogen) atoms. The summed E-state index contributed by atoms with van der Waals surface area (Å²) in [5, 5.41) is 14.0. The van der Waals surface area contributed by atoms with Crippen LogP contribution in [0.5, 0.6) is 5.75 Å². The van der Waals surface area contributed by atoms with Gasteiger partial charge in [-0.3, -0.25) is 4.68 Å². The molecule has 1 atom stereocenters. The molecule has 0 unspecified atom stereocenters. The van der Waals surface area contributed by atoms with Gasteiger partial charge in [0, 0.05) is 19.2 Å². The lowest BCUT2D eigenvalue weighted by Crippen LogP contribution is -2.24. The Kier molecular flexibility index (Phi) is 5.91. The highest BCUT2D eigenvalue weighted by Gasteiger charge is 2.07. The summed E-state index contributed by atoms with van der Waals surface area (Å²) in [5.74, 6) is 1.83. The van der Waals surface area contributed by atoms with Gasteiger partial charge in [0.05, 0.1) is 6.61 Å². The predicted molar refractivity (Wildman–Crippen MR) is 83.6 cm³/mol. The van der Waals surface area contributed by atoms with Gasteiger partial charge in [-0.05, 0) is 30.2 Å². The molecule has 0 aliphatic rings. The summed E-state index contributed by atoms with van der Waals surface area (Å²) in [6.07, 6.45) is 1.03. The summed E-state index contributed by atoms with van der Waals surface area (Å²) in [7, 11) is 1.83. The van der Waals surface area contributed by atoms with Crippen LogP contribution in [0.1, 0.15) is 13.8 Å². The number of benzene rings is 1. The third kappa shape index (κ3) is 5.13. The van der Waals surface area contributed by atoms with Crippen molar-refractivity contribution < 1.29 is 14.6 Å². The van der Waals surface area contributed by atoms with Crippen LogP contribution in [0.4, 0.5) is 0 Å². The average molecular weight is 305 g/mol. The van der Waals surface area contributed by atoms with Gasteiger partial charge in [0.1, 0.15) is 24.8 Å². The molecular formula is C16H23N3O3. The van der Waals surface area contributed by atoms with Crippen molar-refractivity contribution in [3.05, 3.63) is 30.6 Å². The van der Waals surface area contributed by atoms with Gasteiger partial charge in [0.2, 0.25) is 0 Å². The fraction of sp³-hybridized carbons (Fsp3) is 0.500. The third-order valence-corrected chi connectivity index (χ3v) is 2.92. The van der Waals surface area contributed by atoms with Gasteiger partial charge in [-0.25, -0.2) is 4.98 Å². The lowest BCUT2D eigenvalue weighted by molar-refractivity contribution is 0.00394. The first-order chi connectivity index (χ1) is 10.5. The smallest absolute Gasteiger partial charge is 0.181 e. The van der Waals surface area contributed by atoms with Crippen molar-refractivity contribution >= 4 is 0 Å². The molecule has 0 saturated carbocycles. The van der Waals surface area contributed by atoms with Crippen molar-refractivity contribution in [1.29, 1.82) is 0 Å². The molecule has 1 aromatic carbocycles. The third-order valence-electron chi connectivity index (χ3n) is 2.92. The molecule has 0 saturated heterocycles. The highest BCUT2D eigenvalue weighted by atomic mass is 16.5. The number of hydrogen-bond donors (Lipinski definition) is 1. The van der Waals surface area contributed by atoms with Crippen molar-refractivity contribution in [1.82, 2.24) is 14.8 Å². The molecule has 1 N–H and O–H groups in total. The van der Waals surface area contributed by atoms with Crippen LogP contribution in [0.3, 0.4) is 0 Å². The number of aliphatic hydroxyl groups excluding tert-OH is 1. The minimum absolute atomic E-state index is 0.208. The molecule has 0 fully saturated rings. The van der Waals surface area contributed by atoms with Crippen LogP contribution in [0.25, 0.3) is 11.4 Å². The Morgan fingerprint density at radius 3 is 2.45 bits per heavy atom. The van der Waals surface area contributed by atoms with E-state index in [9.17, 15) is 5.11 Å². The van der Waals surface area contributed by atoms with E-state index >= 15 is 0 Å². The van der Waals surface area contributed by atoms with Gasteiger partial charge in [-0.2, -0.15) is 5.10 Å². The van der Waals surface area contributed by atoms with E-state index in [1.165, 1.54) is 0 Å². The van der Waals surface area contributed by atoms with Gasteiger partial charge in [-0.1, -0.05) is 13.8 Å². The van der Waals surface area contributed by atoms with Gasteiger partial charge in [0.25, 0.3) is 0 Å². The van der Waals surface area contributed by atoms with E-state index in [4.69, 9.17) is 9.47 Å². The molecule has 0 radical (unpaired) electrons. The number of rotatable bonds is 8. The van der Waals surface area contributed by atoms with E-state index in [1.54, 1.807) is 11.0 Å². The van der Waals surface area contributed by atoms with Crippen LogP contribution in [-0.4, -0.2) is 45.8 Å².